The summed E-state index contributed by atoms with van der Waals surface area (Å²) in [6.07, 6.45) is 0. The van der Waals surface area contributed by atoms with Crippen LogP contribution in [0.25, 0.3) is 0 Å². The molecule has 100 valence electrons. The van der Waals surface area contributed by atoms with Gasteiger partial charge in [0.25, 0.3) is 5.91 Å². The lowest BCUT2D eigenvalue weighted by Gasteiger charge is -2.21. The maximum absolute atomic E-state index is 12.3. The minimum Gasteiger partial charge on any atom is -0.361 e. The van der Waals surface area contributed by atoms with Gasteiger partial charge in [-0.3, -0.25) is 4.79 Å². The molecule has 0 aliphatic carbocycles. The average Bonchev–Trinajstić information content (AvgIpc) is 2.83. The van der Waals surface area contributed by atoms with E-state index in [4.69, 9.17) is 4.52 Å². The number of nitrogens with zero attached hydrogens (tertiary/aromatic N) is 2. The number of amides is 1. The SMILES string of the molecule is Cc1cc(C(=O)N(C)c2ccccc2C(C)C)no1. The molecule has 1 aromatic heterocycles. The number of para-hydroxylation sites is 1. The third kappa shape index (κ3) is 2.67. The van der Waals surface area contributed by atoms with E-state index in [2.05, 4.69) is 19.0 Å². The molecule has 4 nitrogen and oxygen atoms in total. The lowest BCUT2D eigenvalue weighted by atomic mass is 10.0. The van der Waals surface area contributed by atoms with Gasteiger partial charge in [-0.2, -0.15) is 0 Å². The molecule has 19 heavy (non-hydrogen) atoms. The molecule has 0 aliphatic heterocycles. The summed E-state index contributed by atoms with van der Waals surface area (Å²) >= 11 is 0. The van der Waals surface area contributed by atoms with E-state index < -0.39 is 0 Å². The van der Waals surface area contributed by atoms with E-state index in [-0.39, 0.29) is 5.91 Å². The molecule has 0 bridgehead atoms. The Morgan fingerprint density at radius 2 is 2.00 bits per heavy atom. The molecule has 0 spiro atoms. The van der Waals surface area contributed by atoms with Gasteiger partial charge in [-0.25, -0.2) is 0 Å². The molecule has 2 aromatic rings. The number of carbonyl (C=O) groups is 1. The van der Waals surface area contributed by atoms with E-state index in [1.54, 1.807) is 24.9 Å². The largest absolute Gasteiger partial charge is 0.361 e. The van der Waals surface area contributed by atoms with E-state index in [1.165, 1.54) is 0 Å². The summed E-state index contributed by atoms with van der Waals surface area (Å²) in [5, 5.41) is 3.77. The highest BCUT2D eigenvalue weighted by Crippen LogP contribution is 2.27. The van der Waals surface area contributed by atoms with Crippen LogP contribution in [0.5, 0.6) is 0 Å². The van der Waals surface area contributed by atoms with E-state index in [0.717, 1.165) is 11.3 Å². The van der Waals surface area contributed by atoms with Crippen LogP contribution in [0.4, 0.5) is 5.69 Å². The Labute approximate surface area is 113 Å². The second-order valence-corrected chi connectivity index (χ2v) is 4.90. The topological polar surface area (TPSA) is 46.3 Å². The Hall–Kier alpha value is -2.10. The van der Waals surface area contributed by atoms with Crippen molar-refractivity contribution in [2.24, 2.45) is 0 Å². The second kappa shape index (κ2) is 5.26. The fraction of sp³-hybridized carbons (Fsp3) is 0.333. The van der Waals surface area contributed by atoms with E-state index in [1.807, 2.05) is 24.3 Å². The van der Waals surface area contributed by atoms with Gasteiger partial charge >= 0.3 is 0 Å². The fourth-order valence-corrected chi connectivity index (χ4v) is 2.03. The first-order valence-electron chi connectivity index (χ1n) is 6.31. The van der Waals surface area contributed by atoms with Crippen LogP contribution in [0.15, 0.2) is 34.9 Å². The molecule has 0 saturated carbocycles. The number of carbonyl (C=O) groups excluding carboxylic acids is 1. The van der Waals surface area contributed by atoms with Crippen molar-refractivity contribution in [2.75, 3.05) is 11.9 Å². The third-order valence-electron chi connectivity index (χ3n) is 3.07. The van der Waals surface area contributed by atoms with Crippen molar-refractivity contribution in [1.29, 1.82) is 0 Å². The predicted octanol–water partition coefficient (Wildman–Crippen LogP) is 3.38. The standard InChI is InChI=1S/C15H18N2O2/c1-10(2)12-7-5-6-8-14(12)17(4)15(18)13-9-11(3)19-16-13/h5-10H,1-4H3. The summed E-state index contributed by atoms with van der Waals surface area (Å²) in [5.74, 6) is 0.823. The third-order valence-corrected chi connectivity index (χ3v) is 3.07. The van der Waals surface area contributed by atoms with Gasteiger partial charge in [-0.05, 0) is 24.5 Å². The summed E-state index contributed by atoms with van der Waals surface area (Å²) in [6, 6.07) is 9.55. The zero-order chi connectivity index (χ0) is 14.0. The number of aromatic nitrogens is 1. The molecule has 0 unspecified atom stereocenters. The van der Waals surface area contributed by atoms with E-state index in [9.17, 15) is 4.79 Å². The van der Waals surface area contributed by atoms with Gasteiger partial charge in [0.2, 0.25) is 0 Å². The van der Waals surface area contributed by atoms with Crippen LogP contribution in [-0.4, -0.2) is 18.1 Å². The minimum atomic E-state index is -0.162. The molecule has 0 fully saturated rings. The van der Waals surface area contributed by atoms with Crippen LogP contribution in [0.1, 0.15) is 41.6 Å². The number of benzene rings is 1. The average molecular weight is 258 g/mol. The molecule has 0 saturated heterocycles. The summed E-state index contributed by atoms with van der Waals surface area (Å²) in [6.45, 7) is 5.99. The molecular weight excluding hydrogens is 240 g/mol. The Kier molecular flexibility index (Phi) is 3.69. The summed E-state index contributed by atoms with van der Waals surface area (Å²) in [5.41, 5.74) is 2.38. The van der Waals surface area contributed by atoms with Crippen molar-refractivity contribution >= 4 is 11.6 Å². The first-order chi connectivity index (χ1) is 9.00. The van der Waals surface area contributed by atoms with Gasteiger partial charge in [0.1, 0.15) is 5.76 Å². The van der Waals surface area contributed by atoms with Crippen molar-refractivity contribution in [3.8, 4) is 0 Å². The molecule has 2 rings (SSSR count). The zero-order valence-electron chi connectivity index (χ0n) is 11.7. The smallest absolute Gasteiger partial charge is 0.280 e. The van der Waals surface area contributed by atoms with Crippen molar-refractivity contribution in [2.45, 2.75) is 26.7 Å². The zero-order valence-corrected chi connectivity index (χ0v) is 11.7. The van der Waals surface area contributed by atoms with Crippen molar-refractivity contribution in [3.63, 3.8) is 0 Å². The number of hydrogen-bond acceptors (Lipinski definition) is 3. The highest BCUT2D eigenvalue weighted by molar-refractivity contribution is 6.04. The fourth-order valence-electron chi connectivity index (χ4n) is 2.03. The molecular formula is C15H18N2O2. The Bertz CT molecular complexity index is 587. The summed E-state index contributed by atoms with van der Waals surface area (Å²) in [7, 11) is 1.76. The van der Waals surface area contributed by atoms with Crippen LogP contribution in [0.2, 0.25) is 0 Å². The van der Waals surface area contributed by atoms with Crippen molar-refractivity contribution in [3.05, 3.63) is 47.3 Å². The number of aryl methyl sites for hydroxylation is 1. The molecule has 1 aromatic carbocycles. The van der Waals surface area contributed by atoms with Gasteiger partial charge < -0.3 is 9.42 Å². The highest BCUT2D eigenvalue weighted by Gasteiger charge is 2.20. The van der Waals surface area contributed by atoms with Crippen LogP contribution >= 0.6 is 0 Å². The molecule has 0 N–H and O–H groups in total. The van der Waals surface area contributed by atoms with Crippen LogP contribution in [-0.2, 0) is 0 Å². The Balaban J connectivity index is 2.34. The quantitative estimate of drug-likeness (QED) is 0.847. The summed E-state index contributed by atoms with van der Waals surface area (Å²) in [4.78, 5) is 14.0. The molecule has 1 heterocycles. The molecule has 0 radical (unpaired) electrons. The normalized spacial score (nSPS) is 10.8. The van der Waals surface area contributed by atoms with Crippen LogP contribution in [0.3, 0.4) is 0 Å². The molecule has 4 heteroatoms. The first-order valence-corrected chi connectivity index (χ1v) is 6.31. The highest BCUT2D eigenvalue weighted by atomic mass is 16.5. The maximum Gasteiger partial charge on any atom is 0.280 e. The summed E-state index contributed by atoms with van der Waals surface area (Å²) < 4.78 is 4.95. The monoisotopic (exact) mass is 258 g/mol. The Morgan fingerprint density at radius 1 is 1.32 bits per heavy atom. The van der Waals surface area contributed by atoms with Gasteiger partial charge in [-0.1, -0.05) is 37.2 Å². The van der Waals surface area contributed by atoms with Crippen LogP contribution in [0, 0.1) is 6.92 Å². The molecule has 0 atom stereocenters. The molecule has 0 aliphatic rings. The van der Waals surface area contributed by atoms with Crippen LogP contribution < -0.4 is 4.90 Å². The number of hydrogen-bond donors (Lipinski definition) is 0. The minimum absolute atomic E-state index is 0.162. The number of rotatable bonds is 3. The predicted molar refractivity (Wildman–Crippen MR) is 74.5 cm³/mol. The lowest BCUT2D eigenvalue weighted by molar-refractivity contribution is 0.0984. The first kappa shape index (κ1) is 13.3. The second-order valence-electron chi connectivity index (χ2n) is 4.90. The van der Waals surface area contributed by atoms with Crippen molar-refractivity contribution in [1.82, 2.24) is 5.16 Å². The van der Waals surface area contributed by atoms with Gasteiger partial charge in [0.15, 0.2) is 5.69 Å². The van der Waals surface area contributed by atoms with Gasteiger partial charge in [0, 0.05) is 18.8 Å². The Morgan fingerprint density at radius 3 is 2.58 bits per heavy atom. The number of anilines is 1. The van der Waals surface area contributed by atoms with Gasteiger partial charge in [-0.15, -0.1) is 0 Å². The lowest BCUT2D eigenvalue weighted by Crippen LogP contribution is -2.27. The molecule has 1 amide bonds. The van der Waals surface area contributed by atoms with E-state index in [0.29, 0.717) is 17.4 Å². The van der Waals surface area contributed by atoms with E-state index >= 15 is 0 Å². The maximum atomic E-state index is 12.3. The van der Waals surface area contributed by atoms with Crippen molar-refractivity contribution < 1.29 is 9.32 Å². The van der Waals surface area contributed by atoms with Gasteiger partial charge in [0.05, 0.1) is 0 Å².